The van der Waals surface area contributed by atoms with Crippen LogP contribution in [0.5, 0.6) is 11.5 Å². The molecule has 41 heavy (non-hydrogen) atoms. The molecule has 9 nitrogen and oxygen atoms in total. The molecule has 9 heteroatoms. The van der Waals surface area contributed by atoms with Crippen molar-refractivity contribution in [1.29, 1.82) is 5.26 Å². The number of nitriles is 1. The molecule has 3 fully saturated rings. The first kappa shape index (κ1) is 25.7. The number of carbonyl (C=O) groups is 3. The van der Waals surface area contributed by atoms with Gasteiger partial charge < -0.3 is 19.3 Å². The monoisotopic (exact) mass is 552 g/mol. The summed E-state index contributed by atoms with van der Waals surface area (Å²) in [5.41, 5.74) is -2.02. The second kappa shape index (κ2) is 8.38. The van der Waals surface area contributed by atoms with Crippen LogP contribution < -0.4 is 14.4 Å². The first-order valence-corrected chi connectivity index (χ1v) is 13.7. The molecule has 0 spiro atoms. The van der Waals surface area contributed by atoms with Crippen LogP contribution in [0.3, 0.4) is 0 Å². The highest BCUT2D eigenvalue weighted by Crippen LogP contribution is 2.62. The number of carbonyl (C=O) groups excluding carboxylic acids is 3. The molecule has 4 aliphatic heterocycles. The number of aliphatic hydroxyl groups is 1. The third-order valence-electron chi connectivity index (χ3n) is 9.29. The number of ketones is 1. The molecule has 2 bridgehead atoms. The van der Waals surface area contributed by atoms with Crippen LogP contribution in [0, 0.1) is 23.2 Å². The van der Waals surface area contributed by atoms with Crippen LogP contribution in [-0.2, 0) is 14.3 Å². The molecular formula is C32H28N2O7. The smallest absolute Gasteiger partial charge is 0.240 e. The lowest BCUT2D eigenvalue weighted by atomic mass is 9.66. The van der Waals surface area contributed by atoms with E-state index in [2.05, 4.69) is 6.07 Å². The van der Waals surface area contributed by atoms with Crippen LogP contribution in [0.25, 0.3) is 10.8 Å². The fourth-order valence-electron chi connectivity index (χ4n) is 7.31. The number of aliphatic hydroxyl groups excluding tert-OH is 1. The van der Waals surface area contributed by atoms with E-state index in [0.29, 0.717) is 39.1 Å². The Labute approximate surface area is 236 Å². The van der Waals surface area contributed by atoms with Crippen LogP contribution in [0.4, 0.5) is 5.69 Å². The topological polar surface area (TPSA) is 126 Å². The normalized spacial score (nSPS) is 30.9. The lowest BCUT2D eigenvalue weighted by Crippen LogP contribution is -2.49. The van der Waals surface area contributed by atoms with Crippen molar-refractivity contribution in [1.82, 2.24) is 0 Å². The maximum Gasteiger partial charge on any atom is 0.240 e. The van der Waals surface area contributed by atoms with Gasteiger partial charge in [0, 0.05) is 23.6 Å². The molecular weight excluding hydrogens is 524 g/mol. The third kappa shape index (κ3) is 3.32. The molecule has 3 saturated heterocycles. The highest BCUT2D eigenvalue weighted by Gasteiger charge is 2.77. The van der Waals surface area contributed by atoms with Gasteiger partial charge in [-0.2, -0.15) is 5.26 Å². The van der Waals surface area contributed by atoms with E-state index in [-0.39, 0.29) is 31.1 Å². The zero-order valence-electron chi connectivity index (χ0n) is 22.8. The SMILES string of the molecule is CC1(C)Oc2c(OCCC34CC(O)C(C)(O3)C3C(=O)N(c5ccc(C#N)c6ccccc56)C(=O)C34)cccc2C1=O. The molecule has 3 aromatic carbocycles. The molecule has 3 aromatic rings. The second-order valence-corrected chi connectivity index (χ2v) is 12.0. The van der Waals surface area contributed by atoms with Crippen molar-refractivity contribution in [2.45, 2.75) is 56.5 Å². The Kier molecular flexibility index (Phi) is 5.25. The molecule has 0 aliphatic carbocycles. The first-order valence-electron chi connectivity index (χ1n) is 13.7. The highest BCUT2D eigenvalue weighted by atomic mass is 16.6. The molecule has 4 heterocycles. The molecule has 5 atom stereocenters. The molecule has 2 amide bonds. The Morgan fingerprint density at radius 2 is 1.73 bits per heavy atom. The number of rotatable bonds is 5. The maximum atomic E-state index is 14.1. The van der Waals surface area contributed by atoms with Gasteiger partial charge in [0.1, 0.15) is 5.60 Å². The van der Waals surface area contributed by atoms with Gasteiger partial charge in [0.25, 0.3) is 0 Å². The van der Waals surface area contributed by atoms with Crippen LogP contribution in [0.15, 0.2) is 54.6 Å². The largest absolute Gasteiger partial charge is 0.490 e. The van der Waals surface area contributed by atoms with E-state index in [9.17, 15) is 24.8 Å². The summed E-state index contributed by atoms with van der Waals surface area (Å²) in [6.45, 7) is 5.22. The molecule has 0 aromatic heterocycles. The summed E-state index contributed by atoms with van der Waals surface area (Å²) in [7, 11) is 0. The molecule has 0 saturated carbocycles. The standard InChI is InChI=1S/C32H28N2O7/c1-30(2)27(36)20-9-6-10-22(26(20)40-30)39-14-13-32-15-23(35)31(3,41-32)24-25(32)29(38)34(28(24)37)21-12-11-17(16-33)18-7-4-5-8-19(18)21/h4-12,23-25,35H,13-15H2,1-3H3. The van der Waals surface area contributed by atoms with E-state index >= 15 is 0 Å². The number of amides is 2. The fraction of sp³-hybridized carbons (Fsp3) is 0.375. The highest BCUT2D eigenvalue weighted by molar-refractivity contribution is 6.26. The quantitative estimate of drug-likeness (QED) is 0.472. The van der Waals surface area contributed by atoms with Gasteiger partial charge in [0.05, 0.1) is 53.0 Å². The van der Waals surface area contributed by atoms with E-state index in [1.807, 2.05) is 0 Å². The average Bonchev–Trinajstić information content (AvgIpc) is 3.56. The first-order chi connectivity index (χ1) is 19.5. The van der Waals surface area contributed by atoms with Crippen LogP contribution in [0.2, 0.25) is 0 Å². The van der Waals surface area contributed by atoms with Crippen molar-refractivity contribution in [3.63, 3.8) is 0 Å². The van der Waals surface area contributed by atoms with Gasteiger partial charge in [-0.1, -0.05) is 30.3 Å². The summed E-state index contributed by atoms with van der Waals surface area (Å²) in [6.07, 6.45) is -0.520. The Balaban J connectivity index is 1.21. The number of nitrogens with zero attached hydrogens (tertiary/aromatic N) is 2. The van der Waals surface area contributed by atoms with E-state index in [1.165, 1.54) is 4.90 Å². The summed E-state index contributed by atoms with van der Waals surface area (Å²) in [4.78, 5) is 42.0. The van der Waals surface area contributed by atoms with Gasteiger partial charge in [0.15, 0.2) is 17.1 Å². The van der Waals surface area contributed by atoms with Crippen LogP contribution in [-0.4, -0.2) is 52.2 Å². The van der Waals surface area contributed by atoms with Crippen molar-refractivity contribution in [3.05, 3.63) is 65.7 Å². The summed E-state index contributed by atoms with van der Waals surface area (Å²) < 4.78 is 18.4. The number of Topliss-reactive ketones (excluding diaryl/α,β-unsaturated/α-hetero) is 1. The fourth-order valence-corrected chi connectivity index (χ4v) is 7.31. The minimum atomic E-state index is -1.23. The lowest BCUT2D eigenvalue weighted by Gasteiger charge is -2.33. The molecule has 208 valence electrons. The number of imide groups is 1. The number of fused-ring (bicyclic) bond motifs is 7. The number of para-hydroxylation sites is 1. The molecule has 0 radical (unpaired) electrons. The maximum absolute atomic E-state index is 14.1. The van der Waals surface area contributed by atoms with Gasteiger partial charge in [0.2, 0.25) is 17.6 Å². The van der Waals surface area contributed by atoms with Gasteiger partial charge in [-0.3, -0.25) is 14.4 Å². The molecule has 7 rings (SSSR count). The van der Waals surface area contributed by atoms with E-state index in [0.717, 1.165) is 0 Å². The molecule has 4 aliphatic rings. The minimum absolute atomic E-state index is 0.113. The predicted octanol–water partition coefficient (Wildman–Crippen LogP) is 3.93. The zero-order valence-corrected chi connectivity index (χ0v) is 22.8. The molecule has 1 N–H and O–H groups in total. The Hall–Kier alpha value is -4.26. The molecule has 5 unspecified atom stereocenters. The van der Waals surface area contributed by atoms with Crippen LogP contribution >= 0.6 is 0 Å². The summed E-state index contributed by atoms with van der Waals surface area (Å²) >= 11 is 0. The van der Waals surface area contributed by atoms with E-state index in [4.69, 9.17) is 14.2 Å². The van der Waals surface area contributed by atoms with Gasteiger partial charge >= 0.3 is 0 Å². The Morgan fingerprint density at radius 1 is 1.00 bits per heavy atom. The van der Waals surface area contributed by atoms with Gasteiger partial charge in [-0.25, -0.2) is 4.90 Å². The zero-order chi connectivity index (χ0) is 28.9. The van der Waals surface area contributed by atoms with Crippen molar-refractivity contribution in [2.75, 3.05) is 11.5 Å². The number of hydrogen-bond donors (Lipinski definition) is 1. The predicted molar refractivity (Wildman–Crippen MR) is 147 cm³/mol. The van der Waals surface area contributed by atoms with E-state index < -0.39 is 40.7 Å². The minimum Gasteiger partial charge on any atom is -0.490 e. The Bertz CT molecular complexity index is 1720. The number of anilines is 1. The van der Waals surface area contributed by atoms with Gasteiger partial charge in [-0.05, 0) is 45.0 Å². The van der Waals surface area contributed by atoms with Crippen molar-refractivity contribution >= 4 is 34.1 Å². The van der Waals surface area contributed by atoms with Crippen molar-refractivity contribution in [2.24, 2.45) is 11.8 Å². The summed E-state index contributed by atoms with van der Waals surface area (Å²) in [6, 6.07) is 17.8. The number of ether oxygens (including phenoxy) is 3. The number of hydrogen-bond acceptors (Lipinski definition) is 8. The summed E-state index contributed by atoms with van der Waals surface area (Å²) in [5, 5.41) is 21.9. The Morgan fingerprint density at radius 3 is 2.49 bits per heavy atom. The van der Waals surface area contributed by atoms with Gasteiger partial charge in [-0.15, -0.1) is 0 Å². The van der Waals surface area contributed by atoms with Crippen molar-refractivity contribution < 1.29 is 33.7 Å². The van der Waals surface area contributed by atoms with Crippen molar-refractivity contribution in [3.8, 4) is 17.6 Å². The second-order valence-electron chi connectivity index (χ2n) is 12.0. The van der Waals surface area contributed by atoms with Crippen LogP contribution in [0.1, 0.15) is 49.5 Å². The number of benzene rings is 3. The third-order valence-corrected chi connectivity index (χ3v) is 9.29. The lowest BCUT2D eigenvalue weighted by molar-refractivity contribution is -0.134. The average molecular weight is 553 g/mol. The summed E-state index contributed by atoms with van der Waals surface area (Å²) in [5.74, 6) is -1.81. The van der Waals surface area contributed by atoms with E-state index in [1.54, 1.807) is 75.4 Å².